The summed E-state index contributed by atoms with van der Waals surface area (Å²) in [6.07, 6.45) is 2.22. The first-order chi connectivity index (χ1) is 8.09. The molecule has 0 saturated heterocycles. The van der Waals surface area contributed by atoms with Crippen LogP contribution in [-0.4, -0.2) is 44.5 Å². The second-order valence-electron chi connectivity index (χ2n) is 3.51. The van der Waals surface area contributed by atoms with Crippen molar-refractivity contribution in [1.82, 2.24) is 15.1 Å². The smallest absolute Gasteiger partial charge is 0.332 e. The van der Waals surface area contributed by atoms with Gasteiger partial charge in [0.2, 0.25) is 5.91 Å². The zero-order valence-corrected chi connectivity index (χ0v) is 9.24. The lowest BCUT2D eigenvalue weighted by Gasteiger charge is -2.07. The van der Waals surface area contributed by atoms with Crippen LogP contribution < -0.4 is 5.32 Å². The van der Waals surface area contributed by atoms with Crippen LogP contribution in [0.3, 0.4) is 0 Å². The molecule has 0 aliphatic carbocycles. The Kier molecular flexibility index (Phi) is 5.15. The number of carboxylic acid groups (broad SMARTS) is 1. The van der Waals surface area contributed by atoms with E-state index in [1.165, 1.54) is 0 Å². The molecule has 0 bridgehead atoms. The third-order valence-corrected chi connectivity index (χ3v) is 2.15. The molecular formula is C10H15N3O4. The fourth-order valence-electron chi connectivity index (χ4n) is 1.21. The molecular weight excluding hydrogens is 226 g/mol. The van der Waals surface area contributed by atoms with Crippen molar-refractivity contribution >= 4 is 11.9 Å². The van der Waals surface area contributed by atoms with E-state index in [0.29, 0.717) is 6.54 Å². The van der Waals surface area contributed by atoms with Crippen LogP contribution in [0.2, 0.25) is 0 Å². The number of aliphatic carboxylic acids is 1. The molecule has 1 atom stereocenters. The van der Waals surface area contributed by atoms with Gasteiger partial charge in [-0.05, 0) is 6.07 Å². The lowest BCUT2D eigenvalue weighted by molar-refractivity contribution is -0.147. The van der Waals surface area contributed by atoms with Crippen LogP contribution in [0.15, 0.2) is 18.5 Å². The number of aliphatic hydroxyl groups excluding tert-OH is 1. The van der Waals surface area contributed by atoms with E-state index in [0.717, 1.165) is 0 Å². The predicted molar refractivity (Wildman–Crippen MR) is 58.1 cm³/mol. The van der Waals surface area contributed by atoms with E-state index in [4.69, 9.17) is 10.2 Å². The SMILES string of the molecule is O=C(CCn1cccn1)NCC[C@H](O)C(=O)O. The molecule has 3 N–H and O–H groups in total. The van der Waals surface area contributed by atoms with Gasteiger partial charge in [0, 0.05) is 38.3 Å². The van der Waals surface area contributed by atoms with Gasteiger partial charge in [-0.3, -0.25) is 9.48 Å². The van der Waals surface area contributed by atoms with E-state index in [1.807, 2.05) is 0 Å². The number of amides is 1. The summed E-state index contributed by atoms with van der Waals surface area (Å²) in [5, 5.41) is 23.8. The molecule has 1 aromatic heterocycles. The van der Waals surface area contributed by atoms with Gasteiger partial charge in [-0.15, -0.1) is 0 Å². The summed E-state index contributed by atoms with van der Waals surface area (Å²) in [6.45, 7) is 0.617. The third-order valence-electron chi connectivity index (χ3n) is 2.15. The second kappa shape index (κ2) is 6.64. The standard InChI is InChI=1S/C10H15N3O4/c14-8(10(16)17)2-5-11-9(15)3-7-13-6-1-4-12-13/h1,4,6,8,14H,2-3,5,7H2,(H,11,15)(H,16,17)/t8-/m0/s1. The van der Waals surface area contributed by atoms with Gasteiger partial charge in [0.25, 0.3) is 0 Å². The van der Waals surface area contributed by atoms with Crippen molar-refractivity contribution in [3.63, 3.8) is 0 Å². The van der Waals surface area contributed by atoms with Gasteiger partial charge >= 0.3 is 5.97 Å². The fourth-order valence-corrected chi connectivity index (χ4v) is 1.21. The van der Waals surface area contributed by atoms with Gasteiger partial charge < -0.3 is 15.5 Å². The number of hydrogen-bond donors (Lipinski definition) is 3. The first-order valence-electron chi connectivity index (χ1n) is 5.24. The molecule has 0 fully saturated rings. The summed E-state index contributed by atoms with van der Waals surface area (Å²) < 4.78 is 1.63. The first kappa shape index (κ1) is 13.2. The Hall–Kier alpha value is -1.89. The minimum absolute atomic E-state index is 0.00282. The lowest BCUT2D eigenvalue weighted by atomic mass is 10.2. The van der Waals surface area contributed by atoms with Gasteiger partial charge in [0.05, 0.1) is 0 Å². The molecule has 94 valence electrons. The van der Waals surface area contributed by atoms with E-state index >= 15 is 0 Å². The molecule has 0 spiro atoms. The summed E-state index contributed by atoms with van der Waals surface area (Å²) in [4.78, 5) is 21.6. The number of carbonyl (C=O) groups excluding carboxylic acids is 1. The van der Waals surface area contributed by atoms with Crippen molar-refractivity contribution in [3.8, 4) is 0 Å². The number of rotatable bonds is 7. The highest BCUT2D eigenvalue weighted by molar-refractivity contribution is 5.76. The number of aliphatic hydroxyl groups is 1. The number of nitrogens with zero attached hydrogens (tertiary/aromatic N) is 2. The molecule has 0 aliphatic rings. The van der Waals surface area contributed by atoms with Crippen LogP contribution in [0.1, 0.15) is 12.8 Å². The Bertz CT molecular complexity index is 364. The topological polar surface area (TPSA) is 104 Å². The van der Waals surface area contributed by atoms with E-state index < -0.39 is 12.1 Å². The summed E-state index contributed by atoms with van der Waals surface area (Å²) in [6, 6.07) is 1.77. The van der Waals surface area contributed by atoms with E-state index in [2.05, 4.69) is 10.4 Å². The number of aromatic nitrogens is 2. The van der Waals surface area contributed by atoms with Crippen molar-refractivity contribution in [2.24, 2.45) is 0 Å². The van der Waals surface area contributed by atoms with Crippen LogP contribution in [0.25, 0.3) is 0 Å². The molecule has 0 unspecified atom stereocenters. The Morgan fingerprint density at radius 1 is 1.47 bits per heavy atom. The quantitative estimate of drug-likeness (QED) is 0.581. The molecule has 1 heterocycles. The molecule has 7 nitrogen and oxygen atoms in total. The largest absolute Gasteiger partial charge is 0.479 e. The highest BCUT2D eigenvalue weighted by Gasteiger charge is 2.12. The van der Waals surface area contributed by atoms with Crippen molar-refractivity contribution < 1.29 is 19.8 Å². The molecule has 0 aromatic carbocycles. The van der Waals surface area contributed by atoms with Crippen molar-refractivity contribution in [2.75, 3.05) is 6.54 Å². The normalized spacial score (nSPS) is 12.1. The number of hydrogen-bond acceptors (Lipinski definition) is 4. The van der Waals surface area contributed by atoms with Crippen LogP contribution in [0, 0.1) is 0 Å². The third kappa shape index (κ3) is 5.12. The second-order valence-corrected chi connectivity index (χ2v) is 3.51. The van der Waals surface area contributed by atoms with E-state index in [-0.39, 0.29) is 25.3 Å². The van der Waals surface area contributed by atoms with Crippen LogP contribution in [0.5, 0.6) is 0 Å². The van der Waals surface area contributed by atoms with Crippen LogP contribution in [0.4, 0.5) is 0 Å². The number of aryl methyl sites for hydroxylation is 1. The maximum atomic E-state index is 11.3. The summed E-state index contributed by atoms with van der Waals surface area (Å²) >= 11 is 0. The number of carboxylic acids is 1. The summed E-state index contributed by atoms with van der Waals surface area (Å²) in [5.74, 6) is -1.48. The molecule has 1 rings (SSSR count). The summed E-state index contributed by atoms with van der Waals surface area (Å²) in [5.41, 5.74) is 0. The fraction of sp³-hybridized carbons (Fsp3) is 0.500. The Balaban J connectivity index is 2.11. The molecule has 7 heteroatoms. The average Bonchev–Trinajstić information content (AvgIpc) is 2.78. The number of carbonyl (C=O) groups is 2. The zero-order valence-electron chi connectivity index (χ0n) is 9.24. The predicted octanol–water partition coefficient (Wildman–Crippen LogP) is -0.775. The van der Waals surface area contributed by atoms with Crippen molar-refractivity contribution in [2.45, 2.75) is 25.5 Å². The maximum Gasteiger partial charge on any atom is 0.332 e. The summed E-state index contributed by atoms with van der Waals surface area (Å²) in [7, 11) is 0. The highest BCUT2D eigenvalue weighted by atomic mass is 16.4. The number of nitrogens with one attached hydrogen (secondary N) is 1. The van der Waals surface area contributed by atoms with E-state index in [1.54, 1.807) is 23.1 Å². The van der Waals surface area contributed by atoms with Crippen molar-refractivity contribution in [1.29, 1.82) is 0 Å². The van der Waals surface area contributed by atoms with Crippen LogP contribution >= 0.6 is 0 Å². The Morgan fingerprint density at radius 3 is 2.82 bits per heavy atom. The zero-order chi connectivity index (χ0) is 12.7. The van der Waals surface area contributed by atoms with Crippen molar-refractivity contribution in [3.05, 3.63) is 18.5 Å². The lowest BCUT2D eigenvalue weighted by Crippen LogP contribution is -2.30. The Labute approximate surface area is 98.1 Å². The monoisotopic (exact) mass is 241 g/mol. The minimum Gasteiger partial charge on any atom is -0.479 e. The van der Waals surface area contributed by atoms with Gasteiger partial charge in [-0.1, -0.05) is 0 Å². The minimum atomic E-state index is -1.43. The molecule has 0 aliphatic heterocycles. The highest BCUT2D eigenvalue weighted by Crippen LogP contribution is 1.92. The molecule has 0 saturated carbocycles. The molecule has 0 radical (unpaired) electrons. The average molecular weight is 241 g/mol. The van der Waals surface area contributed by atoms with Gasteiger partial charge in [0.15, 0.2) is 6.10 Å². The van der Waals surface area contributed by atoms with Crippen LogP contribution in [-0.2, 0) is 16.1 Å². The van der Waals surface area contributed by atoms with Gasteiger partial charge in [0.1, 0.15) is 0 Å². The molecule has 1 amide bonds. The van der Waals surface area contributed by atoms with E-state index in [9.17, 15) is 9.59 Å². The maximum absolute atomic E-state index is 11.3. The first-order valence-corrected chi connectivity index (χ1v) is 5.24. The molecule has 17 heavy (non-hydrogen) atoms. The van der Waals surface area contributed by atoms with Gasteiger partial charge in [-0.2, -0.15) is 5.10 Å². The Morgan fingerprint density at radius 2 is 2.24 bits per heavy atom. The van der Waals surface area contributed by atoms with Gasteiger partial charge in [-0.25, -0.2) is 4.79 Å². The molecule has 1 aromatic rings.